The molecule has 12 nitrogen and oxygen atoms in total. The van der Waals surface area contributed by atoms with E-state index in [0.717, 1.165) is 5.56 Å². The molecule has 2 atom stereocenters. The summed E-state index contributed by atoms with van der Waals surface area (Å²) in [6.07, 6.45) is 3.07. The fourth-order valence-electron chi connectivity index (χ4n) is 6.43. The Hall–Kier alpha value is -5.85. The molecule has 3 amide bonds. The highest BCUT2D eigenvalue weighted by Crippen LogP contribution is 2.47. The van der Waals surface area contributed by atoms with Crippen molar-refractivity contribution in [2.75, 3.05) is 29.6 Å². The van der Waals surface area contributed by atoms with Gasteiger partial charge in [0.2, 0.25) is 5.91 Å². The monoisotopic (exact) mass is 676 g/mol. The number of carbonyl (C=O) groups excluding carboxylic acids is 3. The van der Waals surface area contributed by atoms with Crippen LogP contribution in [0.15, 0.2) is 109 Å². The smallest absolute Gasteiger partial charge is 0.269 e. The fourth-order valence-corrected chi connectivity index (χ4v) is 6.43. The van der Waals surface area contributed by atoms with Crippen molar-refractivity contribution in [2.24, 2.45) is 5.92 Å². The fraction of sp³-hybridized carbons (Fsp3) is 0.237. The average molecular weight is 677 g/mol. The summed E-state index contributed by atoms with van der Waals surface area (Å²) in [4.78, 5) is 55.9. The van der Waals surface area contributed by atoms with Gasteiger partial charge in [0, 0.05) is 48.8 Å². The van der Waals surface area contributed by atoms with Crippen LogP contribution in [-0.4, -0.2) is 57.5 Å². The number of hydrogen-bond donors (Lipinski definition) is 2. The lowest BCUT2D eigenvalue weighted by atomic mass is 9.82. The Morgan fingerprint density at radius 1 is 1.00 bits per heavy atom. The van der Waals surface area contributed by atoms with Gasteiger partial charge in [-0.15, -0.1) is 0 Å². The van der Waals surface area contributed by atoms with Crippen molar-refractivity contribution in [3.05, 3.63) is 136 Å². The van der Waals surface area contributed by atoms with Crippen molar-refractivity contribution in [1.82, 2.24) is 4.90 Å². The Labute approximate surface area is 288 Å². The van der Waals surface area contributed by atoms with Crippen LogP contribution in [0.5, 0.6) is 5.75 Å². The minimum atomic E-state index is -2.17. The number of aliphatic hydroxyl groups excluding tert-OH is 1. The molecule has 0 bridgehead atoms. The van der Waals surface area contributed by atoms with E-state index in [4.69, 9.17) is 4.74 Å². The van der Waals surface area contributed by atoms with Gasteiger partial charge in [-0.1, -0.05) is 73.7 Å². The zero-order valence-electron chi connectivity index (χ0n) is 27.3. The standard InChI is InChI=1S/C38H36N4O8/c1-26(9-7-16-35(44)39(19-20-43)23-27-10-3-2-4-11-27)38(47)31-22-30(42(48)49)17-18-32(31)40(37(38)46)24-28-12-8-13-29(21-28)41-33-14-5-6-15-34(33)50-25-36(41)45/h2-15,17-18,21-22,26,43,47H,16,19-20,23-25H2,1H3/b9-7+/t26-,38+/m0/s1. The molecule has 256 valence electrons. The van der Waals surface area contributed by atoms with Gasteiger partial charge >= 0.3 is 0 Å². The van der Waals surface area contributed by atoms with Crippen LogP contribution < -0.4 is 14.5 Å². The number of anilines is 3. The lowest BCUT2D eigenvalue weighted by Gasteiger charge is -2.30. The molecule has 2 N–H and O–H groups in total. The van der Waals surface area contributed by atoms with Crippen molar-refractivity contribution in [3.63, 3.8) is 0 Å². The quantitative estimate of drug-likeness (QED) is 0.121. The number of hydrogen-bond acceptors (Lipinski definition) is 8. The van der Waals surface area contributed by atoms with Gasteiger partial charge in [0.1, 0.15) is 5.75 Å². The van der Waals surface area contributed by atoms with E-state index in [1.54, 1.807) is 66.4 Å². The number of amides is 3. The molecule has 4 aromatic carbocycles. The summed E-state index contributed by atoms with van der Waals surface area (Å²) >= 11 is 0. The first-order valence-corrected chi connectivity index (χ1v) is 16.2. The molecular formula is C38H36N4O8. The molecule has 0 unspecified atom stereocenters. The van der Waals surface area contributed by atoms with Crippen LogP contribution in [-0.2, 0) is 33.1 Å². The Morgan fingerprint density at radius 2 is 1.74 bits per heavy atom. The second-order valence-corrected chi connectivity index (χ2v) is 12.2. The molecular weight excluding hydrogens is 640 g/mol. The summed E-state index contributed by atoms with van der Waals surface area (Å²) in [6.45, 7) is 1.73. The Balaban J connectivity index is 1.26. The first-order valence-electron chi connectivity index (χ1n) is 16.2. The van der Waals surface area contributed by atoms with Gasteiger partial charge in [-0.25, -0.2) is 0 Å². The number of benzene rings is 4. The average Bonchev–Trinajstić information content (AvgIpc) is 3.33. The number of nitrogens with zero attached hydrogens (tertiary/aromatic N) is 4. The molecule has 4 aromatic rings. The van der Waals surface area contributed by atoms with Gasteiger partial charge in [0.15, 0.2) is 12.2 Å². The highest BCUT2D eigenvalue weighted by Gasteiger charge is 2.53. The second-order valence-electron chi connectivity index (χ2n) is 12.2. The number of ether oxygens (including phenoxy) is 1. The lowest BCUT2D eigenvalue weighted by Crippen LogP contribution is -2.44. The zero-order valence-corrected chi connectivity index (χ0v) is 27.3. The molecule has 2 aliphatic rings. The maximum Gasteiger partial charge on any atom is 0.269 e. The molecule has 0 saturated carbocycles. The number of nitro benzene ring substituents is 1. The van der Waals surface area contributed by atoms with E-state index in [-0.39, 0.29) is 55.8 Å². The number of aliphatic hydroxyl groups is 2. The molecule has 0 fully saturated rings. The second kappa shape index (κ2) is 14.3. The van der Waals surface area contributed by atoms with Crippen LogP contribution in [0.1, 0.15) is 30.0 Å². The van der Waals surface area contributed by atoms with E-state index in [1.165, 1.54) is 28.0 Å². The molecule has 0 saturated heterocycles. The van der Waals surface area contributed by atoms with Crippen molar-refractivity contribution in [1.29, 1.82) is 0 Å². The molecule has 2 aliphatic heterocycles. The van der Waals surface area contributed by atoms with Crippen molar-refractivity contribution < 1.29 is 34.3 Å². The summed E-state index contributed by atoms with van der Waals surface area (Å²) in [5, 5.41) is 33.4. The lowest BCUT2D eigenvalue weighted by molar-refractivity contribution is -0.385. The maximum absolute atomic E-state index is 14.2. The molecule has 0 aromatic heterocycles. The largest absolute Gasteiger partial charge is 0.482 e. The van der Waals surface area contributed by atoms with Gasteiger partial charge in [-0.3, -0.25) is 29.4 Å². The highest BCUT2D eigenvalue weighted by atomic mass is 16.6. The Bertz CT molecular complexity index is 1970. The molecule has 0 spiro atoms. The molecule has 0 radical (unpaired) electrons. The SMILES string of the molecule is C[C@@H](/C=C/CC(=O)N(CCO)Cc1ccccc1)[C@]1(O)C(=O)N(Cc2cccc(N3C(=O)COc4ccccc43)c2)c2ccc([N+](=O)[O-])cc21. The van der Waals surface area contributed by atoms with E-state index in [0.29, 0.717) is 34.9 Å². The Kier molecular flexibility index (Phi) is 9.75. The number of nitro groups is 1. The molecule has 50 heavy (non-hydrogen) atoms. The Morgan fingerprint density at radius 3 is 2.50 bits per heavy atom. The van der Waals surface area contributed by atoms with Gasteiger partial charge in [0.05, 0.1) is 29.4 Å². The zero-order chi connectivity index (χ0) is 35.4. The van der Waals surface area contributed by atoms with Crippen LogP contribution in [0.25, 0.3) is 0 Å². The van der Waals surface area contributed by atoms with Crippen molar-refractivity contribution in [3.8, 4) is 5.75 Å². The first kappa shape index (κ1) is 34.0. The van der Waals surface area contributed by atoms with Gasteiger partial charge in [-0.05, 0) is 41.5 Å². The number of carbonyl (C=O) groups is 3. The van der Waals surface area contributed by atoms with Crippen molar-refractivity contribution >= 4 is 40.5 Å². The van der Waals surface area contributed by atoms with E-state index >= 15 is 0 Å². The molecule has 12 heteroatoms. The number of fused-ring (bicyclic) bond motifs is 2. The first-order chi connectivity index (χ1) is 24.1. The van der Waals surface area contributed by atoms with E-state index in [1.807, 2.05) is 36.4 Å². The summed E-state index contributed by atoms with van der Waals surface area (Å²) in [7, 11) is 0. The number of non-ortho nitro benzene ring substituents is 1. The van der Waals surface area contributed by atoms with Crippen molar-refractivity contribution in [2.45, 2.75) is 32.0 Å². The maximum atomic E-state index is 14.2. The third-order valence-corrected chi connectivity index (χ3v) is 8.99. The minimum Gasteiger partial charge on any atom is -0.482 e. The van der Waals surface area contributed by atoms with Gasteiger partial charge in [0.25, 0.3) is 17.5 Å². The van der Waals surface area contributed by atoms with Gasteiger partial charge < -0.3 is 24.7 Å². The third kappa shape index (κ3) is 6.58. The molecule has 6 rings (SSSR count). The minimum absolute atomic E-state index is 0.00446. The van der Waals surface area contributed by atoms with Crippen LogP contribution >= 0.6 is 0 Å². The summed E-state index contributed by atoms with van der Waals surface area (Å²) < 4.78 is 5.58. The van der Waals surface area contributed by atoms with E-state index in [2.05, 4.69) is 0 Å². The predicted molar refractivity (Wildman–Crippen MR) is 186 cm³/mol. The third-order valence-electron chi connectivity index (χ3n) is 8.99. The van der Waals surface area contributed by atoms with Crippen LogP contribution in [0.2, 0.25) is 0 Å². The highest BCUT2D eigenvalue weighted by molar-refractivity contribution is 6.08. The van der Waals surface area contributed by atoms with Gasteiger partial charge in [-0.2, -0.15) is 0 Å². The molecule has 0 aliphatic carbocycles. The number of para-hydroxylation sites is 2. The predicted octanol–water partition coefficient (Wildman–Crippen LogP) is 4.99. The molecule has 2 heterocycles. The van der Waals surface area contributed by atoms with Crippen LogP contribution in [0, 0.1) is 16.0 Å². The topological polar surface area (TPSA) is 154 Å². The van der Waals surface area contributed by atoms with E-state index < -0.39 is 22.3 Å². The van der Waals surface area contributed by atoms with Crippen LogP contribution in [0.4, 0.5) is 22.7 Å². The van der Waals surface area contributed by atoms with E-state index in [9.17, 15) is 34.7 Å². The summed E-state index contributed by atoms with van der Waals surface area (Å²) in [5.74, 6) is -1.52. The summed E-state index contributed by atoms with van der Waals surface area (Å²) in [5.41, 5.74) is 0.651. The number of rotatable bonds is 12. The van der Waals surface area contributed by atoms with Crippen LogP contribution in [0.3, 0.4) is 0 Å². The normalized spacial score (nSPS) is 17.3. The summed E-state index contributed by atoms with van der Waals surface area (Å²) in [6, 6.07) is 27.6.